The van der Waals surface area contributed by atoms with Crippen molar-refractivity contribution in [2.75, 3.05) is 6.54 Å². The van der Waals surface area contributed by atoms with E-state index in [1.165, 1.54) is 10.5 Å². The number of hydrogen-bond donors (Lipinski definition) is 0. The SMILES string of the molecule is CCc1cccc(CN2C(=O)C3CCCCN3C2=O)c1. The fourth-order valence-electron chi connectivity index (χ4n) is 3.12. The lowest BCUT2D eigenvalue weighted by atomic mass is 10.0. The van der Waals surface area contributed by atoms with E-state index in [4.69, 9.17) is 0 Å². The zero-order valence-corrected chi connectivity index (χ0v) is 11.8. The molecule has 0 saturated carbocycles. The summed E-state index contributed by atoms with van der Waals surface area (Å²) in [6.45, 7) is 3.23. The third-order valence-corrected chi connectivity index (χ3v) is 4.27. The average Bonchev–Trinajstić information content (AvgIpc) is 2.73. The molecule has 1 aromatic carbocycles. The summed E-state index contributed by atoms with van der Waals surface area (Å²) >= 11 is 0. The van der Waals surface area contributed by atoms with Gasteiger partial charge in [0.15, 0.2) is 0 Å². The van der Waals surface area contributed by atoms with Gasteiger partial charge < -0.3 is 4.90 Å². The van der Waals surface area contributed by atoms with E-state index in [1.807, 2.05) is 12.1 Å². The van der Waals surface area contributed by atoms with Gasteiger partial charge in [-0.1, -0.05) is 31.2 Å². The fourth-order valence-corrected chi connectivity index (χ4v) is 3.12. The van der Waals surface area contributed by atoms with E-state index in [2.05, 4.69) is 19.1 Å². The first-order chi connectivity index (χ1) is 9.70. The van der Waals surface area contributed by atoms with Crippen LogP contribution in [0.5, 0.6) is 0 Å². The summed E-state index contributed by atoms with van der Waals surface area (Å²) in [5, 5.41) is 0. The molecule has 4 heteroatoms. The number of urea groups is 1. The molecule has 1 unspecified atom stereocenters. The first-order valence-electron chi connectivity index (χ1n) is 7.40. The van der Waals surface area contributed by atoms with Gasteiger partial charge in [0.1, 0.15) is 6.04 Å². The van der Waals surface area contributed by atoms with Crippen molar-refractivity contribution in [3.8, 4) is 0 Å². The van der Waals surface area contributed by atoms with Crippen LogP contribution in [0.1, 0.15) is 37.3 Å². The highest BCUT2D eigenvalue weighted by atomic mass is 16.2. The minimum Gasteiger partial charge on any atom is -0.312 e. The molecular weight excluding hydrogens is 252 g/mol. The van der Waals surface area contributed by atoms with Gasteiger partial charge in [0, 0.05) is 6.54 Å². The van der Waals surface area contributed by atoms with Crippen molar-refractivity contribution >= 4 is 11.9 Å². The Labute approximate surface area is 119 Å². The zero-order chi connectivity index (χ0) is 14.1. The molecule has 2 saturated heterocycles. The number of carbonyl (C=O) groups is 2. The maximum absolute atomic E-state index is 12.4. The Balaban J connectivity index is 1.79. The van der Waals surface area contributed by atoms with Crippen molar-refractivity contribution in [2.24, 2.45) is 0 Å². The van der Waals surface area contributed by atoms with Gasteiger partial charge in [-0.05, 0) is 36.8 Å². The number of hydrogen-bond acceptors (Lipinski definition) is 2. The molecule has 3 rings (SSSR count). The molecule has 0 radical (unpaired) electrons. The molecule has 106 valence electrons. The number of piperidine rings is 1. The molecule has 0 aliphatic carbocycles. The Morgan fingerprint density at radius 3 is 2.75 bits per heavy atom. The van der Waals surface area contributed by atoms with Gasteiger partial charge in [0.2, 0.25) is 0 Å². The van der Waals surface area contributed by atoms with Crippen LogP contribution in [0.2, 0.25) is 0 Å². The van der Waals surface area contributed by atoms with Crippen molar-refractivity contribution in [1.82, 2.24) is 9.80 Å². The number of rotatable bonds is 3. The van der Waals surface area contributed by atoms with Gasteiger partial charge in [0.25, 0.3) is 5.91 Å². The van der Waals surface area contributed by atoms with E-state index in [-0.39, 0.29) is 18.0 Å². The van der Waals surface area contributed by atoms with Crippen LogP contribution in [0, 0.1) is 0 Å². The molecule has 0 bridgehead atoms. The molecule has 2 fully saturated rings. The highest BCUT2D eigenvalue weighted by Crippen LogP contribution is 2.27. The minimum absolute atomic E-state index is 0.0170. The zero-order valence-electron chi connectivity index (χ0n) is 11.8. The number of benzene rings is 1. The molecule has 0 spiro atoms. The lowest BCUT2D eigenvalue weighted by molar-refractivity contribution is -0.129. The summed E-state index contributed by atoms with van der Waals surface area (Å²) in [4.78, 5) is 27.9. The van der Waals surface area contributed by atoms with E-state index in [9.17, 15) is 9.59 Å². The Morgan fingerprint density at radius 1 is 1.20 bits per heavy atom. The van der Waals surface area contributed by atoms with Crippen molar-refractivity contribution < 1.29 is 9.59 Å². The third-order valence-electron chi connectivity index (χ3n) is 4.27. The number of amides is 3. The quantitative estimate of drug-likeness (QED) is 0.793. The monoisotopic (exact) mass is 272 g/mol. The first-order valence-corrected chi connectivity index (χ1v) is 7.40. The second kappa shape index (κ2) is 5.27. The molecule has 3 amide bonds. The summed E-state index contributed by atoms with van der Waals surface area (Å²) in [6.07, 6.45) is 3.83. The predicted octanol–water partition coefficient (Wildman–Crippen LogP) is 2.57. The van der Waals surface area contributed by atoms with Crippen molar-refractivity contribution in [3.05, 3.63) is 35.4 Å². The van der Waals surface area contributed by atoms with Crippen LogP contribution in [-0.4, -0.2) is 34.3 Å². The highest BCUT2D eigenvalue weighted by Gasteiger charge is 2.45. The lowest BCUT2D eigenvalue weighted by Crippen LogP contribution is -2.38. The van der Waals surface area contributed by atoms with Crippen molar-refractivity contribution in [3.63, 3.8) is 0 Å². The summed E-state index contributed by atoms with van der Waals surface area (Å²) in [7, 11) is 0. The van der Waals surface area contributed by atoms with E-state index < -0.39 is 0 Å². The van der Waals surface area contributed by atoms with Crippen molar-refractivity contribution in [2.45, 2.75) is 45.2 Å². The van der Waals surface area contributed by atoms with Gasteiger partial charge in [0.05, 0.1) is 6.54 Å². The Morgan fingerprint density at radius 2 is 2.00 bits per heavy atom. The Kier molecular flexibility index (Phi) is 3.47. The van der Waals surface area contributed by atoms with Crippen LogP contribution >= 0.6 is 0 Å². The molecule has 20 heavy (non-hydrogen) atoms. The van der Waals surface area contributed by atoms with Gasteiger partial charge in [-0.2, -0.15) is 0 Å². The number of aryl methyl sites for hydroxylation is 1. The minimum atomic E-state index is -0.203. The molecule has 2 heterocycles. The van der Waals surface area contributed by atoms with Crippen LogP contribution in [0.4, 0.5) is 4.79 Å². The standard InChI is InChI=1S/C16H20N2O2/c1-2-12-6-5-7-13(10-12)11-18-15(19)14-8-3-4-9-17(14)16(18)20/h5-7,10,14H,2-4,8-9,11H2,1H3. The second-order valence-corrected chi connectivity index (χ2v) is 5.59. The predicted molar refractivity (Wildman–Crippen MR) is 76.1 cm³/mol. The highest BCUT2D eigenvalue weighted by molar-refractivity contribution is 6.04. The molecular formula is C16H20N2O2. The van der Waals surface area contributed by atoms with Gasteiger partial charge >= 0.3 is 6.03 Å². The molecule has 1 aromatic rings. The van der Waals surface area contributed by atoms with Crippen LogP contribution in [-0.2, 0) is 17.8 Å². The van der Waals surface area contributed by atoms with E-state index in [0.29, 0.717) is 6.54 Å². The topological polar surface area (TPSA) is 40.6 Å². The molecule has 2 aliphatic heterocycles. The summed E-state index contributed by atoms with van der Waals surface area (Å²) < 4.78 is 0. The number of nitrogens with zero attached hydrogens (tertiary/aromatic N) is 2. The van der Waals surface area contributed by atoms with E-state index in [1.54, 1.807) is 4.90 Å². The smallest absolute Gasteiger partial charge is 0.312 e. The van der Waals surface area contributed by atoms with Crippen LogP contribution < -0.4 is 0 Å². The molecule has 0 N–H and O–H groups in total. The van der Waals surface area contributed by atoms with Crippen LogP contribution in [0.15, 0.2) is 24.3 Å². The van der Waals surface area contributed by atoms with Gasteiger partial charge in [-0.25, -0.2) is 4.79 Å². The second-order valence-electron chi connectivity index (χ2n) is 5.59. The largest absolute Gasteiger partial charge is 0.327 e. The van der Waals surface area contributed by atoms with Crippen LogP contribution in [0.3, 0.4) is 0 Å². The molecule has 4 nitrogen and oxygen atoms in total. The van der Waals surface area contributed by atoms with E-state index in [0.717, 1.165) is 37.8 Å². The Hall–Kier alpha value is -1.84. The average molecular weight is 272 g/mol. The molecule has 2 aliphatic rings. The number of carbonyl (C=O) groups excluding carboxylic acids is 2. The van der Waals surface area contributed by atoms with E-state index >= 15 is 0 Å². The fraction of sp³-hybridized carbons (Fsp3) is 0.500. The summed E-state index contributed by atoms with van der Waals surface area (Å²) in [5.41, 5.74) is 2.27. The van der Waals surface area contributed by atoms with Crippen LogP contribution in [0.25, 0.3) is 0 Å². The lowest BCUT2D eigenvalue weighted by Gasteiger charge is -2.26. The molecule has 0 aromatic heterocycles. The third kappa shape index (κ3) is 2.19. The Bertz CT molecular complexity index is 517. The summed E-state index contributed by atoms with van der Waals surface area (Å²) in [5.74, 6) is -0.0170. The first kappa shape index (κ1) is 13.2. The maximum Gasteiger partial charge on any atom is 0.327 e. The number of imide groups is 1. The van der Waals surface area contributed by atoms with Gasteiger partial charge in [-0.3, -0.25) is 9.69 Å². The molecule has 1 atom stereocenters. The van der Waals surface area contributed by atoms with Crippen molar-refractivity contribution in [1.29, 1.82) is 0 Å². The van der Waals surface area contributed by atoms with Gasteiger partial charge in [-0.15, -0.1) is 0 Å². The summed E-state index contributed by atoms with van der Waals surface area (Å²) in [6, 6.07) is 7.81. The normalized spacial score (nSPS) is 22.4. The maximum atomic E-state index is 12.4. The number of fused-ring (bicyclic) bond motifs is 1.